The van der Waals surface area contributed by atoms with E-state index in [-0.39, 0.29) is 5.82 Å². The van der Waals surface area contributed by atoms with Crippen LogP contribution in [-0.4, -0.2) is 58.7 Å². The average molecular weight is 499 g/mol. The van der Waals surface area contributed by atoms with Crippen molar-refractivity contribution in [2.45, 2.75) is 31.0 Å². The molecule has 1 aromatic rings. The van der Waals surface area contributed by atoms with Crippen LogP contribution in [0, 0.1) is 0 Å². The Morgan fingerprint density at radius 2 is 1.87 bits per heavy atom. The zero-order chi connectivity index (χ0) is 23.1. The molecule has 30 heavy (non-hydrogen) atoms. The summed E-state index contributed by atoms with van der Waals surface area (Å²) in [7, 11) is -16.9. The SMILES string of the molecule is C[C@@]1(F)[C@H](O)[C@@H](COP(=O)(O)OP(=O)(O)OP(=O)(O)O)O[C@H]1n1ccc(N)nc1=O. The molecule has 0 aromatic carbocycles. The highest BCUT2D eigenvalue weighted by Crippen LogP contribution is 2.66. The van der Waals surface area contributed by atoms with Gasteiger partial charge >= 0.3 is 29.2 Å². The lowest BCUT2D eigenvalue weighted by molar-refractivity contribution is -0.0603. The van der Waals surface area contributed by atoms with E-state index in [2.05, 4.69) is 18.1 Å². The van der Waals surface area contributed by atoms with Gasteiger partial charge in [-0.25, -0.2) is 22.9 Å². The standard InChI is InChI=1S/C10H17FN3O13P3/c1-10(11)7(15)5(25-8(10)14-3-2-6(12)13-9(14)16)4-24-29(20,21)27-30(22,23)26-28(17,18)19/h2-3,5,7-8,15H,4H2,1H3,(H,20,21)(H,22,23)(H2,12,13,16)(H2,17,18,19)/t5-,7-,8-,10-/m1/s1. The van der Waals surface area contributed by atoms with Crippen LogP contribution in [0.1, 0.15) is 13.2 Å². The first-order chi connectivity index (χ1) is 13.4. The van der Waals surface area contributed by atoms with Crippen LogP contribution in [0.25, 0.3) is 0 Å². The monoisotopic (exact) mass is 499 g/mol. The van der Waals surface area contributed by atoms with E-state index < -0.39 is 59.9 Å². The summed E-state index contributed by atoms with van der Waals surface area (Å²) in [6.07, 6.45) is -4.45. The molecule has 2 heterocycles. The van der Waals surface area contributed by atoms with Crippen molar-refractivity contribution < 1.29 is 60.6 Å². The minimum atomic E-state index is -5.75. The molecule has 16 nitrogen and oxygen atoms in total. The summed E-state index contributed by atoms with van der Waals surface area (Å²) in [5.74, 6) is -0.167. The van der Waals surface area contributed by atoms with E-state index in [0.717, 1.165) is 19.2 Å². The van der Waals surface area contributed by atoms with Crippen molar-refractivity contribution in [1.29, 1.82) is 0 Å². The smallest absolute Gasteiger partial charge is 0.387 e. The number of aromatic nitrogens is 2. The van der Waals surface area contributed by atoms with E-state index >= 15 is 0 Å². The zero-order valence-corrected chi connectivity index (χ0v) is 17.5. The number of anilines is 1. The third-order valence-electron chi connectivity index (χ3n) is 3.64. The molecule has 6 atom stereocenters. The van der Waals surface area contributed by atoms with Gasteiger partial charge in [0.2, 0.25) is 0 Å². The van der Waals surface area contributed by atoms with Crippen molar-refractivity contribution in [3.8, 4) is 0 Å². The van der Waals surface area contributed by atoms with Crippen LogP contribution in [0.15, 0.2) is 17.1 Å². The lowest BCUT2D eigenvalue weighted by Gasteiger charge is -2.24. The number of nitrogen functional groups attached to an aromatic ring is 1. The molecule has 20 heteroatoms. The van der Waals surface area contributed by atoms with Gasteiger partial charge in [0.05, 0.1) is 6.61 Å². The quantitative estimate of drug-likeness (QED) is 0.238. The minimum absolute atomic E-state index is 0.167. The molecule has 172 valence electrons. The first kappa shape index (κ1) is 25.2. The second-order valence-corrected chi connectivity index (χ2v) is 10.5. The number of nitrogens with two attached hydrogens (primary N) is 1. The van der Waals surface area contributed by atoms with Crippen LogP contribution in [-0.2, 0) is 31.6 Å². The number of rotatable bonds is 8. The first-order valence-corrected chi connectivity index (χ1v) is 12.1. The number of hydrogen-bond donors (Lipinski definition) is 6. The lowest BCUT2D eigenvalue weighted by Crippen LogP contribution is -2.43. The third-order valence-corrected chi connectivity index (χ3v) is 7.44. The minimum Gasteiger partial charge on any atom is -0.387 e. The maximum Gasteiger partial charge on any atom is 0.490 e. The Bertz CT molecular complexity index is 995. The molecular formula is C10H17FN3O13P3. The molecule has 0 radical (unpaired) electrons. The molecule has 0 aliphatic carbocycles. The fourth-order valence-corrected chi connectivity index (χ4v) is 5.46. The number of phosphoric ester groups is 1. The third kappa shape index (κ3) is 6.23. The van der Waals surface area contributed by atoms with Gasteiger partial charge in [-0.2, -0.15) is 13.6 Å². The van der Waals surface area contributed by atoms with Crippen LogP contribution >= 0.6 is 23.5 Å². The summed E-state index contributed by atoms with van der Waals surface area (Å²) < 4.78 is 65.7. The maximum atomic E-state index is 15.0. The van der Waals surface area contributed by atoms with E-state index in [0.29, 0.717) is 4.57 Å². The van der Waals surface area contributed by atoms with Crippen LogP contribution in [0.3, 0.4) is 0 Å². The zero-order valence-electron chi connectivity index (χ0n) is 14.8. The van der Waals surface area contributed by atoms with Crippen molar-refractivity contribution >= 4 is 29.3 Å². The predicted octanol–water partition coefficient (Wildman–Crippen LogP) is -0.845. The van der Waals surface area contributed by atoms with Crippen LogP contribution < -0.4 is 11.4 Å². The van der Waals surface area contributed by atoms with Gasteiger partial charge in [-0.3, -0.25) is 9.09 Å². The van der Waals surface area contributed by atoms with Crippen molar-refractivity contribution in [1.82, 2.24) is 9.55 Å². The second kappa shape index (κ2) is 8.47. The number of aliphatic hydroxyl groups is 1. The van der Waals surface area contributed by atoms with Gasteiger partial charge in [0.15, 0.2) is 11.9 Å². The number of nitrogens with zero attached hydrogens (tertiary/aromatic N) is 2. The number of halogens is 1. The number of ether oxygens (including phenoxy) is 1. The van der Waals surface area contributed by atoms with E-state index in [1.165, 1.54) is 0 Å². The summed E-state index contributed by atoms with van der Waals surface area (Å²) in [6, 6.07) is 1.15. The summed E-state index contributed by atoms with van der Waals surface area (Å²) in [5, 5.41) is 10.1. The Morgan fingerprint density at radius 3 is 2.40 bits per heavy atom. The van der Waals surface area contributed by atoms with Gasteiger partial charge in [0.25, 0.3) is 0 Å². The number of alkyl halides is 1. The highest BCUT2D eigenvalue weighted by atomic mass is 31.3. The Balaban J connectivity index is 2.12. The second-order valence-electron chi connectivity index (χ2n) is 6.05. The summed E-state index contributed by atoms with van der Waals surface area (Å²) >= 11 is 0. The van der Waals surface area contributed by atoms with Gasteiger partial charge < -0.3 is 35.2 Å². The highest BCUT2D eigenvalue weighted by Gasteiger charge is 2.56. The fraction of sp³-hybridized carbons (Fsp3) is 0.600. The molecule has 0 spiro atoms. The van der Waals surface area contributed by atoms with Crippen LogP contribution in [0.5, 0.6) is 0 Å². The van der Waals surface area contributed by atoms with Gasteiger partial charge in [-0.1, -0.05) is 0 Å². The number of phosphoric acid groups is 3. The molecule has 1 aromatic heterocycles. The van der Waals surface area contributed by atoms with Gasteiger partial charge in [-0.15, -0.1) is 0 Å². The van der Waals surface area contributed by atoms with Gasteiger partial charge in [-0.05, 0) is 13.0 Å². The Labute approximate surface area is 166 Å². The molecule has 1 aliphatic heterocycles. The van der Waals surface area contributed by atoms with Crippen molar-refractivity contribution in [2.24, 2.45) is 0 Å². The maximum absolute atomic E-state index is 15.0. The topological polar surface area (TPSA) is 250 Å². The van der Waals surface area contributed by atoms with E-state index in [4.69, 9.17) is 25.2 Å². The molecule has 0 saturated carbocycles. The predicted molar refractivity (Wildman–Crippen MR) is 92.2 cm³/mol. The average Bonchev–Trinajstić information content (AvgIpc) is 2.73. The molecule has 7 N–H and O–H groups in total. The number of hydrogen-bond acceptors (Lipinski definition) is 11. The summed E-state index contributed by atoms with van der Waals surface area (Å²) in [4.78, 5) is 50.6. The van der Waals surface area contributed by atoms with Crippen LogP contribution in [0.4, 0.5) is 10.2 Å². The normalized spacial score (nSPS) is 31.2. The summed E-state index contributed by atoms with van der Waals surface area (Å²) in [5.41, 5.74) is 1.67. The molecule has 1 saturated heterocycles. The van der Waals surface area contributed by atoms with E-state index in [1.807, 2.05) is 0 Å². The molecule has 2 rings (SSSR count). The molecule has 0 amide bonds. The molecule has 2 unspecified atom stereocenters. The largest absolute Gasteiger partial charge is 0.490 e. The lowest BCUT2D eigenvalue weighted by atomic mass is 9.98. The van der Waals surface area contributed by atoms with Crippen molar-refractivity contribution in [3.63, 3.8) is 0 Å². The molecule has 1 aliphatic rings. The Morgan fingerprint density at radius 1 is 1.27 bits per heavy atom. The van der Waals surface area contributed by atoms with Crippen molar-refractivity contribution in [2.75, 3.05) is 12.3 Å². The van der Waals surface area contributed by atoms with Crippen LogP contribution in [0.2, 0.25) is 0 Å². The highest BCUT2D eigenvalue weighted by molar-refractivity contribution is 7.66. The Kier molecular flexibility index (Phi) is 7.11. The van der Waals surface area contributed by atoms with Gasteiger partial charge in [0, 0.05) is 6.20 Å². The fourth-order valence-electron chi connectivity index (χ4n) is 2.43. The first-order valence-electron chi connectivity index (χ1n) is 7.59. The number of aliphatic hydroxyl groups excluding tert-OH is 1. The molecule has 1 fully saturated rings. The van der Waals surface area contributed by atoms with E-state index in [1.54, 1.807) is 0 Å². The van der Waals surface area contributed by atoms with Gasteiger partial charge in [0.1, 0.15) is 18.0 Å². The molecular weight excluding hydrogens is 482 g/mol. The molecule has 0 bridgehead atoms. The Hall–Kier alpha value is -1.06. The van der Waals surface area contributed by atoms with E-state index in [9.17, 15) is 32.9 Å². The van der Waals surface area contributed by atoms with Crippen molar-refractivity contribution in [3.05, 3.63) is 22.7 Å². The summed E-state index contributed by atoms with van der Waals surface area (Å²) in [6.45, 7) is -0.256.